The molecule has 1 aromatic heterocycles. The lowest BCUT2D eigenvalue weighted by Gasteiger charge is -2.14. The molecule has 2 rings (SSSR count). The van der Waals surface area contributed by atoms with E-state index < -0.39 is 5.82 Å². The molecule has 2 aromatic rings. The number of aromatic nitrogens is 1. The number of benzene rings is 1. The Balaban J connectivity index is 2.47. The van der Waals surface area contributed by atoms with E-state index in [0.29, 0.717) is 17.2 Å². The Labute approximate surface area is 110 Å². The third kappa shape index (κ3) is 2.78. The summed E-state index contributed by atoms with van der Waals surface area (Å²) in [7, 11) is 1.49. The highest BCUT2D eigenvalue weighted by Gasteiger charge is 2.16. The summed E-state index contributed by atoms with van der Waals surface area (Å²) in [6.45, 7) is 3.70. The van der Waals surface area contributed by atoms with Gasteiger partial charge in [0, 0.05) is 17.7 Å². The van der Waals surface area contributed by atoms with Crippen molar-refractivity contribution in [3.8, 4) is 22.8 Å². The average Bonchev–Trinajstić information content (AvgIpc) is 2.75. The molecule has 0 atom stereocenters. The molecular formula is C13H15FN2O3. The van der Waals surface area contributed by atoms with Gasteiger partial charge in [-0.25, -0.2) is 4.39 Å². The number of hydrogen-bond acceptors (Lipinski definition) is 5. The average molecular weight is 266 g/mol. The van der Waals surface area contributed by atoms with Gasteiger partial charge in [0.25, 0.3) is 0 Å². The summed E-state index contributed by atoms with van der Waals surface area (Å²) in [5.41, 5.74) is 5.98. The normalized spacial score (nSPS) is 10.8. The Morgan fingerprint density at radius 2 is 2.00 bits per heavy atom. The van der Waals surface area contributed by atoms with Crippen LogP contribution in [0.3, 0.4) is 0 Å². The van der Waals surface area contributed by atoms with Gasteiger partial charge in [0.05, 0.1) is 13.2 Å². The van der Waals surface area contributed by atoms with E-state index in [1.54, 1.807) is 0 Å². The Kier molecular flexibility index (Phi) is 3.59. The van der Waals surface area contributed by atoms with Gasteiger partial charge in [0.15, 0.2) is 11.5 Å². The Hall–Kier alpha value is -2.24. The standard InChI is InChI=1S/C13H15FN2O3/c1-7(2)18-12-5-9(14)8(4-11(12)17-3)10-6-13(15)19-16-10/h4-7H,15H2,1-3H3. The topological polar surface area (TPSA) is 70.5 Å². The summed E-state index contributed by atoms with van der Waals surface area (Å²) < 4.78 is 29.5. The summed E-state index contributed by atoms with van der Waals surface area (Å²) in [5, 5.41) is 3.68. The van der Waals surface area contributed by atoms with Crippen molar-refractivity contribution < 1.29 is 18.4 Å². The van der Waals surface area contributed by atoms with Crippen molar-refractivity contribution in [3.05, 3.63) is 24.0 Å². The predicted octanol–water partition coefficient (Wildman–Crippen LogP) is 2.86. The SMILES string of the molecule is COc1cc(-c2cc(N)on2)c(F)cc1OC(C)C. The van der Waals surface area contributed by atoms with Crippen LogP contribution in [0.4, 0.5) is 10.3 Å². The zero-order valence-electron chi connectivity index (χ0n) is 10.9. The van der Waals surface area contributed by atoms with Gasteiger partial charge in [0.2, 0.25) is 5.88 Å². The predicted molar refractivity (Wildman–Crippen MR) is 68.6 cm³/mol. The van der Waals surface area contributed by atoms with E-state index in [2.05, 4.69) is 5.16 Å². The van der Waals surface area contributed by atoms with Crippen LogP contribution in [0.2, 0.25) is 0 Å². The molecule has 0 spiro atoms. The van der Waals surface area contributed by atoms with Gasteiger partial charge in [-0.15, -0.1) is 0 Å². The van der Waals surface area contributed by atoms with Crippen molar-refractivity contribution in [2.45, 2.75) is 20.0 Å². The smallest absolute Gasteiger partial charge is 0.222 e. The summed E-state index contributed by atoms with van der Waals surface area (Å²) >= 11 is 0. The fourth-order valence-corrected chi connectivity index (χ4v) is 1.65. The maximum Gasteiger partial charge on any atom is 0.222 e. The maximum absolute atomic E-state index is 14.1. The van der Waals surface area contributed by atoms with Gasteiger partial charge in [-0.05, 0) is 19.9 Å². The highest BCUT2D eigenvalue weighted by molar-refractivity contribution is 5.66. The molecule has 0 aliphatic rings. The maximum atomic E-state index is 14.1. The van der Waals surface area contributed by atoms with Crippen molar-refractivity contribution in [1.82, 2.24) is 5.16 Å². The van der Waals surface area contributed by atoms with Crippen LogP contribution in [-0.4, -0.2) is 18.4 Å². The van der Waals surface area contributed by atoms with Crippen molar-refractivity contribution in [2.75, 3.05) is 12.8 Å². The molecule has 6 heteroatoms. The van der Waals surface area contributed by atoms with Crippen molar-refractivity contribution in [3.63, 3.8) is 0 Å². The molecule has 1 heterocycles. The Morgan fingerprint density at radius 3 is 2.53 bits per heavy atom. The number of methoxy groups -OCH3 is 1. The van der Waals surface area contributed by atoms with Gasteiger partial charge in [-0.2, -0.15) is 0 Å². The zero-order valence-corrected chi connectivity index (χ0v) is 10.9. The first kappa shape index (κ1) is 13.2. The van der Waals surface area contributed by atoms with Crippen molar-refractivity contribution in [2.24, 2.45) is 0 Å². The quantitative estimate of drug-likeness (QED) is 0.921. The van der Waals surface area contributed by atoms with E-state index in [1.165, 1.54) is 25.3 Å². The van der Waals surface area contributed by atoms with Gasteiger partial charge in [-0.3, -0.25) is 0 Å². The molecular weight excluding hydrogens is 251 g/mol. The van der Waals surface area contributed by atoms with Gasteiger partial charge in [-0.1, -0.05) is 5.16 Å². The molecule has 0 unspecified atom stereocenters. The lowest BCUT2D eigenvalue weighted by atomic mass is 10.1. The number of ether oxygens (including phenoxy) is 2. The van der Waals surface area contributed by atoms with E-state index >= 15 is 0 Å². The summed E-state index contributed by atoms with van der Waals surface area (Å²) in [6.07, 6.45) is -0.0816. The number of nitrogens with zero attached hydrogens (tertiary/aromatic N) is 1. The first-order valence-electron chi connectivity index (χ1n) is 5.78. The number of nitrogen functional groups attached to an aromatic ring is 1. The first-order valence-corrected chi connectivity index (χ1v) is 5.78. The highest BCUT2D eigenvalue weighted by atomic mass is 19.1. The fourth-order valence-electron chi connectivity index (χ4n) is 1.65. The van der Waals surface area contributed by atoms with E-state index in [1.807, 2.05) is 13.8 Å². The third-order valence-corrected chi connectivity index (χ3v) is 2.42. The molecule has 2 N–H and O–H groups in total. The molecule has 1 aromatic carbocycles. The minimum Gasteiger partial charge on any atom is -0.493 e. The highest BCUT2D eigenvalue weighted by Crippen LogP contribution is 2.35. The van der Waals surface area contributed by atoms with Crippen LogP contribution in [0.5, 0.6) is 11.5 Å². The Morgan fingerprint density at radius 1 is 1.26 bits per heavy atom. The molecule has 0 aliphatic carbocycles. The molecule has 0 saturated heterocycles. The monoisotopic (exact) mass is 266 g/mol. The summed E-state index contributed by atoms with van der Waals surface area (Å²) in [4.78, 5) is 0. The first-order chi connectivity index (χ1) is 9.01. The van der Waals surface area contributed by atoms with Crippen LogP contribution >= 0.6 is 0 Å². The van der Waals surface area contributed by atoms with E-state index in [4.69, 9.17) is 19.7 Å². The number of hydrogen-bond donors (Lipinski definition) is 1. The Bertz CT molecular complexity index is 581. The summed E-state index contributed by atoms with van der Waals surface area (Å²) in [5.74, 6) is 0.405. The molecule has 0 amide bonds. The molecule has 0 saturated carbocycles. The third-order valence-electron chi connectivity index (χ3n) is 2.42. The van der Waals surface area contributed by atoms with Gasteiger partial charge in [0.1, 0.15) is 11.5 Å². The van der Waals surface area contributed by atoms with Crippen LogP contribution in [0.25, 0.3) is 11.3 Å². The number of anilines is 1. The van der Waals surface area contributed by atoms with Crippen LogP contribution in [-0.2, 0) is 0 Å². The second-order valence-corrected chi connectivity index (χ2v) is 4.26. The molecule has 0 aliphatic heterocycles. The molecule has 0 radical (unpaired) electrons. The minimum absolute atomic E-state index is 0.0816. The van der Waals surface area contributed by atoms with E-state index in [-0.39, 0.29) is 17.6 Å². The summed E-state index contributed by atoms with van der Waals surface area (Å²) in [6, 6.07) is 4.21. The van der Waals surface area contributed by atoms with Gasteiger partial charge < -0.3 is 19.7 Å². The molecule has 0 bridgehead atoms. The largest absolute Gasteiger partial charge is 0.493 e. The van der Waals surface area contributed by atoms with Crippen LogP contribution in [0.1, 0.15) is 13.8 Å². The molecule has 19 heavy (non-hydrogen) atoms. The zero-order chi connectivity index (χ0) is 14.0. The van der Waals surface area contributed by atoms with Crippen LogP contribution in [0, 0.1) is 5.82 Å². The van der Waals surface area contributed by atoms with Crippen molar-refractivity contribution in [1.29, 1.82) is 0 Å². The molecule has 102 valence electrons. The lowest BCUT2D eigenvalue weighted by Crippen LogP contribution is -2.07. The van der Waals surface area contributed by atoms with Crippen molar-refractivity contribution >= 4 is 5.88 Å². The van der Waals surface area contributed by atoms with E-state index in [9.17, 15) is 4.39 Å². The second kappa shape index (κ2) is 5.17. The second-order valence-electron chi connectivity index (χ2n) is 4.26. The fraction of sp³-hybridized carbons (Fsp3) is 0.308. The minimum atomic E-state index is -0.482. The number of rotatable bonds is 4. The molecule has 5 nitrogen and oxygen atoms in total. The van der Waals surface area contributed by atoms with Gasteiger partial charge >= 0.3 is 0 Å². The molecule has 0 fully saturated rings. The van der Waals surface area contributed by atoms with Crippen LogP contribution < -0.4 is 15.2 Å². The number of nitrogens with two attached hydrogens (primary N) is 1. The van der Waals surface area contributed by atoms with Crippen LogP contribution in [0.15, 0.2) is 22.7 Å². The number of halogens is 1. The lowest BCUT2D eigenvalue weighted by molar-refractivity contribution is 0.229. The van der Waals surface area contributed by atoms with E-state index in [0.717, 1.165) is 0 Å².